The zero-order chi connectivity index (χ0) is 19.1. The minimum atomic E-state index is -0.625. The number of carbonyl (C=O) groups is 2. The Labute approximate surface area is 156 Å². The molecule has 1 heterocycles. The Morgan fingerprint density at radius 3 is 2.70 bits per heavy atom. The molecule has 1 aliphatic rings. The summed E-state index contributed by atoms with van der Waals surface area (Å²) < 4.78 is 21.0. The molecular weight excluding hydrogens is 350 g/mol. The van der Waals surface area contributed by atoms with E-state index in [0.29, 0.717) is 36.1 Å². The Kier molecular flexibility index (Phi) is 5.94. The van der Waals surface area contributed by atoms with Gasteiger partial charge in [-0.1, -0.05) is 18.2 Å². The van der Waals surface area contributed by atoms with Gasteiger partial charge >= 0.3 is 5.97 Å². The van der Waals surface area contributed by atoms with Crippen LogP contribution in [0.1, 0.15) is 5.56 Å². The van der Waals surface area contributed by atoms with E-state index in [9.17, 15) is 9.59 Å². The van der Waals surface area contributed by atoms with Crippen LogP contribution in [0.15, 0.2) is 48.5 Å². The average Bonchev–Trinajstić information content (AvgIpc) is 2.71. The first kappa shape index (κ1) is 18.3. The van der Waals surface area contributed by atoms with Crippen molar-refractivity contribution >= 4 is 23.6 Å². The molecule has 0 aromatic heterocycles. The van der Waals surface area contributed by atoms with Crippen molar-refractivity contribution in [3.8, 4) is 17.2 Å². The first-order valence-corrected chi connectivity index (χ1v) is 8.33. The molecule has 1 amide bonds. The molecule has 1 aliphatic heterocycles. The first-order valence-electron chi connectivity index (χ1n) is 8.33. The second-order valence-electron chi connectivity index (χ2n) is 5.59. The Bertz CT molecular complexity index is 861. The monoisotopic (exact) mass is 369 g/mol. The number of amides is 1. The fraction of sp³-hybridized carbons (Fsp3) is 0.200. The number of benzene rings is 2. The van der Waals surface area contributed by atoms with Gasteiger partial charge in [0, 0.05) is 6.08 Å². The lowest BCUT2D eigenvalue weighted by atomic mass is 10.2. The summed E-state index contributed by atoms with van der Waals surface area (Å²) in [6.45, 7) is 0.608. The molecule has 0 spiro atoms. The van der Waals surface area contributed by atoms with Crippen LogP contribution in [0.2, 0.25) is 0 Å². The van der Waals surface area contributed by atoms with Gasteiger partial charge in [-0.25, -0.2) is 4.79 Å². The normalized spacial score (nSPS) is 12.5. The Morgan fingerprint density at radius 1 is 1.11 bits per heavy atom. The molecular formula is C20H19NO6. The molecule has 0 saturated carbocycles. The van der Waals surface area contributed by atoms with Gasteiger partial charge in [0.05, 0.1) is 12.8 Å². The van der Waals surface area contributed by atoms with E-state index < -0.39 is 18.5 Å². The van der Waals surface area contributed by atoms with E-state index in [-0.39, 0.29) is 0 Å². The maximum Gasteiger partial charge on any atom is 0.331 e. The quantitative estimate of drug-likeness (QED) is 0.623. The molecule has 0 fully saturated rings. The standard InChI is InChI=1S/C20H19NO6/c1-24-16-5-3-2-4-15(16)21-19(22)13-27-20(23)9-7-14-6-8-17-18(12-14)26-11-10-25-17/h2-9,12H,10-11,13H2,1H3,(H,21,22). The number of hydrogen-bond donors (Lipinski definition) is 1. The van der Waals surface area contributed by atoms with E-state index in [0.717, 1.165) is 5.56 Å². The van der Waals surface area contributed by atoms with Crippen molar-refractivity contribution in [2.24, 2.45) is 0 Å². The SMILES string of the molecule is COc1ccccc1NC(=O)COC(=O)C=Cc1ccc2c(c1)OCCO2. The van der Waals surface area contributed by atoms with E-state index in [1.807, 2.05) is 0 Å². The molecule has 27 heavy (non-hydrogen) atoms. The molecule has 0 aliphatic carbocycles. The summed E-state index contributed by atoms with van der Waals surface area (Å²) >= 11 is 0. The second-order valence-corrected chi connectivity index (χ2v) is 5.59. The van der Waals surface area contributed by atoms with Gasteiger partial charge in [-0.05, 0) is 35.9 Å². The van der Waals surface area contributed by atoms with E-state index in [1.54, 1.807) is 48.5 Å². The molecule has 3 rings (SSSR count). The molecule has 1 N–H and O–H groups in total. The number of carbonyl (C=O) groups excluding carboxylic acids is 2. The lowest BCUT2D eigenvalue weighted by Crippen LogP contribution is -2.20. The minimum absolute atomic E-state index is 0.400. The van der Waals surface area contributed by atoms with Crippen molar-refractivity contribution in [3.63, 3.8) is 0 Å². The lowest BCUT2D eigenvalue weighted by Gasteiger charge is -2.18. The van der Waals surface area contributed by atoms with Crippen LogP contribution in [-0.2, 0) is 14.3 Å². The van der Waals surface area contributed by atoms with E-state index in [2.05, 4.69) is 5.32 Å². The number of esters is 1. The highest BCUT2D eigenvalue weighted by Gasteiger charge is 2.11. The predicted octanol–water partition coefficient (Wildman–Crippen LogP) is 2.66. The summed E-state index contributed by atoms with van der Waals surface area (Å²) in [6, 6.07) is 12.3. The summed E-state index contributed by atoms with van der Waals surface area (Å²) in [7, 11) is 1.51. The van der Waals surface area contributed by atoms with Gasteiger partial charge in [0.2, 0.25) is 0 Å². The maximum atomic E-state index is 11.9. The topological polar surface area (TPSA) is 83.1 Å². The van der Waals surface area contributed by atoms with Crippen molar-refractivity contribution in [1.29, 1.82) is 0 Å². The van der Waals surface area contributed by atoms with Crippen molar-refractivity contribution in [2.45, 2.75) is 0 Å². The van der Waals surface area contributed by atoms with Crippen molar-refractivity contribution < 1.29 is 28.5 Å². The third-order valence-corrected chi connectivity index (χ3v) is 3.70. The summed E-state index contributed by atoms with van der Waals surface area (Å²) in [5.74, 6) is 0.748. The number of para-hydroxylation sites is 2. The van der Waals surface area contributed by atoms with Gasteiger partial charge < -0.3 is 24.3 Å². The van der Waals surface area contributed by atoms with Crippen LogP contribution in [0.3, 0.4) is 0 Å². The molecule has 2 aromatic rings. The van der Waals surface area contributed by atoms with Crippen LogP contribution in [0.4, 0.5) is 5.69 Å². The van der Waals surface area contributed by atoms with Crippen LogP contribution in [-0.4, -0.2) is 38.8 Å². The Hall–Kier alpha value is -3.48. The van der Waals surface area contributed by atoms with Crippen LogP contribution < -0.4 is 19.5 Å². The van der Waals surface area contributed by atoms with Gasteiger partial charge in [0.15, 0.2) is 18.1 Å². The molecule has 0 radical (unpaired) electrons. The van der Waals surface area contributed by atoms with Crippen molar-refractivity contribution in [1.82, 2.24) is 0 Å². The lowest BCUT2D eigenvalue weighted by molar-refractivity contribution is -0.142. The molecule has 140 valence electrons. The fourth-order valence-corrected chi connectivity index (χ4v) is 2.45. The Balaban J connectivity index is 1.50. The number of anilines is 1. The van der Waals surface area contributed by atoms with Crippen molar-refractivity contribution in [2.75, 3.05) is 32.2 Å². The highest BCUT2D eigenvalue weighted by Crippen LogP contribution is 2.31. The number of methoxy groups -OCH3 is 1. The van der Waals surface area contributed by atoms with E-state index in [4.69, 9.17) is 18.9 Å². The van der Waals surface area contributed by atoms with Gasteiger partial charge in [0.1, 0.15) is 19.0 Å². The molecule has 0 saturated heterocycles. The highest BCUT2D eigenvalue weighted by atomic mass is 16.6. The number of ether oxygens (including phenoxy) is 4. The van der Waals surface area contributed by atoms with Gasteiger partial charge in [-0.2, -0.15) is 0 Å². The first-order chi connectivity index (χ1) is 13.2. The van der Waals surface area contributed by atoms with Gasteiger partial charge in [0.25, 0.3) is 5.91 Å². The zero-order valence-corrected chi connectivity index (χ0v) is 14.8. The van der Waals surface area contributed by atoms with Crippen LogP contribution >= 0.6 is 0 Å². The van der Waals surface area contributed by atoms with E-state index in [1.165, 1.54) is 13.2 Å². The van der Waals surface area contributed by atoms with Crippen LogP contribution in [0.25, 0.3) is 6.08 Å². The molecule has 0 bridgehead atoms. The molecule has 0 atom stereocenters. The number of nitrogens with one attached hydrogen (secondary N) is 1. The van der Waals surface area contributed by atoms with Crippen molar-refractivity contribution in [3.05, 3.63) is 54.1 Å². The Morgan fingerprint density at radius 2 is 1.89 bits per heavy atom. The smallest absolute Gasteiger partial charge is 0.331 e. The maximum absolute atomic E-state index is 11.9. The average molecular weight is 369 g/mol. The third-order valence-electron chi connectivity index (χ3n) is 3.70. The predicted molar refractivity (Wildman–Crippen MR) is 99.0 cm³/mol. The summed E-state index contributed by atoms with van der Waals surface area (Å²) in [5, 5.41) is 2.63. The number of rotatable bonds is 6. The highest BCUT2D eigenvalue weighted by molar-refractivity contribution is 5.95. The summed E-state index contributed by atoms with van der Waals surface area (Å²) in [5.41, 5.74) is 1.27. The van der Waals surface area contributed by atoms with Gasteiger partial charge in [-0.15, -0.1) is 0 Å². The number of hydrogen-bond acceptors (Lipinski definition) is 6. The molecule has 2 aromatic carbocycles. The third kappa shape index (κ3) is 5.01. The van der Waals surface area contributed by atoms with Crippen LogP contribution in [0, 0.1) is 0 Å². The molecule has 7 nitrogen and oxygen atoms in total. The largest absolute Gasteiger partial charge is 0.495 e. The minimum Gasteiger partial charge on any atom is -0.495 e. The molecule has 7 heteroatoms. The van der Waals surface area contributed by atoms with Crippen LogP contribution in [0.5, 0.6) is 17.2 Å². The number of fused-ring (bicyclic) bond motifs is 1. The fourth-order valence-electron chi connectivity index (χ4n) is 2.45. The van der Waals surface area contributed by atoms with Gasteiger partial charge in [-0.3, -0.25) is 4.79 Å². The summed E-state index contributed by atoms with van der Waals surface area (Å²) in [6.07, 6.45) is 2.83. The zero-order valence-electron chi connectivity index (χ0n) is 14.8. The molecule has 0 unspecified atom stereocenters. The van der Waals surface area contributed by atoms with E-state index >= 15 is 0 Å². The summed E-state index contributed by atoms with van der Waals surface area (Å²) in [4.78, 5) is 23.7. The second kappa shape index (κ2) is 8.75.